The van der Waals surface area contributed by atoms with E-state index in [1.807, 2.05) is 26.8 Å². The highest BCUT2D eigenvalue weighted by molar-refractivity contribution is 5.95. The number of aryl methyl sites for hydroxylation is 3. The van der Waals surface area contributed by atoms with E-state index >= 15 is 0 Å². The lowest BCUT2D eigenvalue weighted by Crippen LogP contribution is -2.40. The van der Waals surface area contributed by atoms with Gasteiger partial charge in [-0.25, -0.2) is 0 Å². The maximum Gasteiger partial charge on any atom is 0.253 e. The van der Waals surface area contributed by atoms with Crippen molar-refractivity contribution in [2.24, 2.45) is 0 Å². The largest absolute Gasteiger partial charge is 0.354 e. The van der Waals surface area contributed by atoms with Crippen molar-refractivity contribution < 1.29 is 4.79 Å². The van der Waals surface area contributed by atoms with Gasteiger partial charge in [-0.3, -0.25) is 9.78 Å². The minimum absolute atomic E-state index is 0.119. The average molecular weight is 311 g/mol. The van der Waals surface area contributed by atoms with E-state index in [0.29, 0.717) is 5.56 Å². The van der Waals surface area contributed by atoms with Gasteiger partial charge in [0.05, 0.1) is 17.4 Å². The Morgan fingerprint density at radius 2 is 1.61 bits per heavy atom. The highest BCUT2D eigenvalue weighted by Crippen LogP contribution is 2.26. The number of carbonyl (C=O) groups excluding carboxylic acids is 1. The van der Waals surface area contributed by atoms with Gasteiger partial charge in [0, 0.05) is 17.4 Å². The molecule has 4 nitrogen and oxygen atoms in total. The molecule has 0 saturated carbocycles. The van der Waals surface area contributed by atoms with Crippen LogP contribution in [0.5, 0.6) is 0 Å². The van der Waals surface area contributed by atoms with E-state index < -0.39 is 0 Å². The van der Waals surface area contributed by atoms with E-state index in [1.165, 1.54) is 16.7 Å². The van der Waals surface area contributed by atoms with E-state index in [-0.39, 0.29) is 11.4 Å². The number of aromatic nitrogens is 1. The van der Waals surface area contributed by atoms with Crippen molar-refractivity contribution >= 4 is 17.3 Å². The van der Waals surface area contributed by atoms with Gasteiger partial charge in [0.2, 0.25) is 0 Å². The van der Waals surface area contributed by atoms with Crippen LogP contribution in [0.3, 0.4) is 0 Å². The van der Waals surface area contributed by atoms with Crippen LogP contribution in [0.4, 0.5) is 11.4 Å². The second kappa shape index (κ2) is 6.41. The van der Waals surface area contributed by atoms with E-state index in [1.54, 1.807) is 12.4 Å². The first-order valence-electron chi connectivity index (χ1n) is 7.78. The molecule has 0 aliphatic heterocycles. The molecule has 0 atom stereocenters. The fourth-order valence-electron chi connectivity index (χ4n) is 2.57. The molecule has 0 aliphatic rings. The van der Waals surface area contributed by atoms with Gasteiger partial charge in [-0.2, -0.15) is 0 Å². The molecule has 4 heteroatoms. The molecule has 0 saturated heterocycles. The Morgan fingerprint density at radius 1 is 1.00 bits per heavy atom. The van der Waals surface area contributed by atoms with Crippen molar-refractivity contribution in [3.05, 3.63) is 52.8 Å². The second-order valence-corrected chi connectivity index (χ2v) is 7.07. The van der Waals surface area contributed by atoms with Gasteiger partial charge in [-0.1, -0.05) is 17.7 Å². The summed E-state index contributed by atoms with van der Waals surface area (Å²) in [6.07, 6.45) is 3.31. The zero-order valence-corrected chi connectivity index (χ0v) is 14.7. The van der Waals surface area contributed by atoms with E-state index in [2.05, 4.69) is 48.5 Å². The fourth-order valence-corrected chi connectivity index (χ4v) is 2.57. The SMILES string of the molecule is Cc1cc(C)c(Nc2cncc(C(=O)NC(C)(C)C)c2)c(C)c1. The quantitative estimate of drug-likeness (QED) is 0.889. The second-order valence-electron chi connectivity index (χ2n) is 7.07. The number of pyridine rings is 1. The molecular weight excluding hydrogens is 286 g/mol. The van der Waals surface area contributed by atoms with Crippen molar-refractivity contribution in [2.75, 3.05) is 5.32 Å². The lowest BCUT2D eigenvalue weighted by Gasteiger charge is -2.20. The molecular formula is C19H25N3O. The Balaban J connectivity index is 2.26. The monoisotopic (exact) mass is 311 g/mol. The van der Waals surface area contributed by atoms with Gasteiger partial charge >= 0.3 is 0 Å². The summed E-state index contributed by atoms with van der Waals surface area (Å²) in [5.41, 5.74) is 5.73. The van der Waals surface area contributed by atoms with Crippen molar-refractivity contribution in [1.82, 2.24) is 10.3 Å². The van der Waals surface area contributed by atoms with Crippen LogP contribution in [0, 0.1) is 20.8 Å². The smallest absolute Gasteiger partial charge is 0.253 e. The van der Waals surface area contributed by atoms with Crippen molar-refractivity contribution in [2.45, 2.75) is 47.1 Å². The summed E-state index contributed by atoms with van der Waals surface area (Å²) >= 11 is 0. The zero-order chi connectivity index (χ0) is 17.2. The summed E-state index contributed by atoms with van der Waals surface area (Å²) in [4.78, 5) is 16.5. The van der Waals surface area contributed by atoms with Gasteiger partial charge in [-0.05, 0) is 58.7 Å². The summed E-state index contributed by atoms with van der Waals surface area (Å²) in [6.45, 7) is 12.1. The molecule has 0 unspecified atom stereocenters. The van der Waals surface area contributed by atoms with Crippen LogP contribution >= 0.6 is 0 Å². The first-order chi connectivity index (χ1) is 10.7. The van der Waals surface area contributed by atoms with Crippen LogP contribution in [-0.4, -0.2) is 16.4 Å². The number of hydrogen-bond acceptors (Lipinski definition) is 3. The van der Waals surface area contributed by atoms with Crippen LogP contribution in [0.1, 0.15) is 47.8 Å². The number of carbonyl (C=O) groups is 1. The summed E-state index contributed by atoms with van der Waals surface area (Å²) in [6, 6.07) is 6.10. The molecule has 2 N–H and O–H groups in total. The lowest BCUT2D eigenvalue weighted by molar-refractivity contribution is 0.0919. The van der Waals surface area contributed by atoms with E-state index in [0.717, 1.165) is 11.4 Å². The van der Waals surface area contributed by atoms with Crippen LogP contribution in [0.2, 0.25) is 0 Å². The molecule has 0 bridgehead atoms. The minimum atomic E-state index is -0.273. The number of benzene rings is 1. The summed E-state index contributed by atoms with van der Waals surface area (Å²) in [5, 5.41) is 6.33. The number of amides is 1. The molecule has 0 fully saturated rings. The van der Waals surface area contributed by atoms with E-state index in [9.17, 15) is 4.79 Å². The Labute approximate surface area is 138 Å². The summed E-state index contributed by atoms with van der Waals surface area (Å²) in [7, 11) is 0. The van der Waals surface area contributed by atoms with Gasteiger partial charge in [-0.15, -0.1) is 0 Å². The summed E-state index contributed by atoms with van der Waals surface area (Å²) < 4.78 is 0. The molecule has 23 heavy (non-hydrogen) atoms. The zero-order valence-electron chi connectivity index (χ0n) is 14.7. The lowest BCUT2D eigenvalue weighted by atomic mass is 10.0. The third-order valence-corrected chi connectivity index (χ3v) is 3.44. The third-order valence-electron chi connectivity index (χ3n) is 3.44. The molecule has 2 aromatic rings. The molecule has 1 aromatic heterocycles. The Bertz CT molecular complexity index is 707. The van der Waals surface area contributed by atoms with Gasteiger partial charge in [0.15, 0.2) is 0 Å². The Hall–Kier alpha value is -2.36. The predicted octanol–water partition coefficient (Wildman–Crippen LogP) is 4.28. The maximum absolute atomic E-state index is 12.3. The fraction of sp³-hybridized carbons (Fsp3) is 0.368. The van der Waals surface area contributed by atoms with Crippen molar-refractivity contribution in [3.63, 3.8) is 0 Å². The molecule has 0 aliphatic carbocycles. The standard InChI is InChI=1S/C19H25N3O/c1-12-7-13(2)17(14(3)8-12)21-16-9-15(10-20-11-16)18(23)22-19(4,5)6/h7-11,21H,1-6H3,(H,22,23). The molecule has 0 radical (unpaired) electrons. The maximum atomic E-state index is 12.3. The van der Waals surface area contributed by atoms with Gasteiger partial charge in [0.1, 0.15) is 0 Å². The topological polar surface area (TPSA) is 54.0 Å². The molecule has 0 spiro atoms. The third kappa shape index (κ3) is 4.55. The number of nitrogens with zero attached hydrogens (tertiary/aromatic N) is 1. The van der Waals surface area contributed by atoms with Crippen molar-refractivity contribution in [3.8, 4) is 0 Å². The molecule has 1 heterocycles. The predicted molar refractivity (Wildman–Crippen MR) is 95.4 cm³/mol. The van der Waals surface area contributed by atoms with Gasteiger partial charge in [0.25, 0.3) is 5.91 Å². The molecule has 2 rings (SSSR count). The number of nitrogens with one attached hydrogen (secondary N) is 2. The first kappa shape index (κ1) is 17.0. The van der Waals surface area contributed by atoms with Crippen LogP contribution < -0.4 is 10.6 Å². The van der Waals surface area contributed by atoms with Crippen molar-refractivity contribution in [1.29, 1.82) is 0 Å². The van der Waals surface area contributed by atoms with Crippen LogP contribution in [0.25, 0.3) is 0 Å². The van der Waals surface area contributed by atoms with Crippen LogP contribution in [-0.2, 0) is 0 Å². The number of rotatable bonds is 3. The van der Waals surface area contributed by atoms with Gasteiger partial charge < -0.3 is 10.6 Å². The minimum Gasteiger partial charge on any atom is -0.354 e. The van der Waals surface area contributed by atoms with Crippen LogP contribution in [0.15, 0.2) is 30.6 Å². The highest BCUT2D eigenvalue weighted by Gasteiger charge is 2.16. The molecule has 122 valence electrons. The Morgan fingerprint density at radius 3 is 2.17 bits per heavy atom. The first-order valence-corrected chi connectivity index (χ1v) is 7.78. The summed E-state index contributed by atoms with van der Waals surface area (Å²) in [5.74, 6) is -0.119. The average Bonchev–Trinajstić information content (AvgIpc) is 2.41. The number of hydrogen-bond donors (Lipinski definition) is 2. The Kier molecular flexibility index (Phi) is 4.73. The highest BCUT2D eigenvalue weighted by atomic mass is 16.1. The molecule has 1 amide bonds. The normalized spacial score (nSPS) is 11.2. The van der Waals surface area contributed by atoms with E-state index in [4.69, 9.17) is 0 Å². The number of anilines is 2. The molecule has 1 aromatic carbocycles.